The molecule has 20 heavy (non-hydrogen) atoms. The molecule has 110 valence electrons. The van der Waals surface area contributed by atoms with Gasteiger partial charge in [-0.25, -0.2) is 0 Å². The largest absolute Gasteiger partial charge is 0.362 e. The summed E-state index contributed by atoms with van der Waals surface area (Å²) in [5.41, 5.74) is 3.65. The van der Waals surface area contributed by atoms with E-state index in [1.54, 1.807) is 0 Å². The average Bonchev–Trinajstić information content (AvgIpc) is 2.41. The van der Waals surface area contributed by atoms with Gasteiger partial charge in [-0.2, -0.15) is 0 Å². The standard InChI is InChI=1S/C16H25N3S/c1-12-6-7-15(9-13(12)2)18-16(20)17-10-14-5-4-8-19(3)11-14/h6-7,9,14H,4-5,8,10-11H2,1-3H3,(H2,17,18,20). The first-order chi connectivity index (χ1) is 9.54. The van der Waals surface area contributed by atoms with Gasteiger partial charge in [0.1, 0.15) is 0 Å². The Labute approximate surface area is 127 Å². The number of benzene rings is 1. The van der Waals surface area contributed by atoms with Crippen LogP contribution in [0, 0.1) is 19.8 Å². The van der Waals surface area contributed by atoms with Crippen LogP contribution in [0.5, 0.6) is 0 Å². The maximum atomic E-state index is 5.37. The zero-order valence-electron chi connectivity index (χ0n) is 12.7. The van der Waals surface area contributed by atoms with E-state index in [4.69, 9.17) is 12.2 Å². The highest BCUT2D eigenvalue weighted by molar-refractivity contribution is 7.80. The zero-order chi connectivity index (χ0) is 14.5. The fourth-order valence-corrected chi connectivity index (χ4v) is 2.87. The molecule has 1 atom stereocenters. The highest BCUT2D eigenvalue weighted by atomic mass is 32.1. The average molecular weight is 291 g/mol. The van der Waals surface area contributed by atoms with Gasteiger partial charge in [-0.15, -0.1) is 0 Å². The molecule has 1 heterocycles. The minimum absolute atomic E-state index is 0.702. The minimum atomic E-state index is 0.702. The molecule has 4 heteroatoms. The van der Waals surface area contributed by atoms with Crippen LogP contribution in [0.2, 0.25) is 0 Å². The number of hydrogen-bond acceptors (Lipinski definition) is 2. The molecule has 1 unspecified atom stereocenters. The summed E-state index contributed by atoms with van der Waals surface area (Å²) in [7, 11) is 2.19. The topological polar surface area (TPSA) is 27.3 Å². The number of rotatable bonds is 3. The predicted molar refractivity (Wildman–Crippen MR) is 90.4 cm³/mol. The van der Waals surface area contributed by atoms with Gasteiger partial charge in [0.05, 0.1) is 0 Å². The van der Waals surface area contributed by atoms with E-state index in [2.05, 4.69) is 54.6 Å². The highest BCUT2D eigenvalue weighted by Gasteiger charge is 2.16. The molecule has 0 aliphatic carbocycles. The molecular weight excluding hydrogens is 266 g/mol. The SMILES string of the molecule is Cc1ccc(NC(=S)NCC2CCCN(C)C2)cc1C. The Morgan fingerprint density at radius 2 is 2.15 bits per heavy atom. The van der Waals surface area contributed by atoms with E-state index in [9.17, 15) is 0 Å². The number of piperidine rings is 1. The summed E-state index contributed by atoms with van der Waals surface area (Å²) >= 11 is 5.37. The van der Waals surface area contributed by atoms with Crippen LogP contribution >= 0.6 is 12.2 Å². The lowest BCUT2D eigenvalue weighted by atomic mass is 9.99. The van der Waals surface area contributed by atoms with E-state index in [1.807, 2.05) is 0 Å². The fraction of sp³-hybridized carbons (Fsp3) is 0.562. The van der Waals surface area contributed by atoms with Crippen molar-refractivity contribution in [3.63, 3.8) is 0 Å². The van der Waals surface area contributed by atoms with Gasteiger partial charge >= 0.3 is 0 Å². The quantitative estimate of drug-likeness (QED) is 0.837. The zero-order valence-corrected chi connectivity index (χ0v) is 13.5. The number of nitrogens with zero attached hydrogens (tertiary/aromatic N) is 1. The summed E-state index contributed by atoms with van der Waals surface area (Å²) in [4.78, 5) is 2.40. The Bertz CT molecular complexity index is 473. The van der Waals surface area contributed by atoms with E-state index >= 15 is 0 Å². The molecule has 0 radical (unpaired) electrons. The van der Waals surface area contributed by atoms with Crippen molar-refractivity contribution in [1.82, 2.24) is 10.2 Å². The molecule has 1 saturated heterocycles. The number of likely N-dealkylation sites (tertiary alicyclic amines) is 1. The van der Waals surface area contributed by atoms with Crippen LogP contribution in [0.25, 0.3) is 0 Å². The Kier molecular flexibility index (Phi) is 5.38. The van der Waals surface area contributed by atoms with Crippen LogP contribution in [0.15, 0.2) is 18.2 Å². The minimum Gasteiger partial charge on any atom is -0.362 e. The number of aryl methyl sites for hydroxylation is 2. The van der Waals surface area contributed by atoms with Crippen molar-refractivity contribution in [2.75, 3.05) is 32.0 Å². The van der Waals surface area contributed by atoms with Crippen molar-refractivity contribution in [3.05, 3.63) is 29.3 Å². The molecule has 1 aromatic carbocycles. The fourth-order valence-electron chi connectivity index (χ4n) is 2.67. The van der Waals surface area contributed by atoms with Crippen LogP contribution in [0.3, 0.4) is 0 Å². The van der Waals surface area contributed by atoms with Gasteiger partial charge in [0.15, 0.2) is 5.11 Å². The van der Waals surface area contributed by atoms with Crippen LogP contribution in [-0.4, -0.2) is 36.7 Å². The van der Waals surface area contributed by atoms with Crippen molar-refractivity contribution in [1.29, 1.82) is 0 Å². The molecule has 0 amide bonds. The van der Waals surface area contributed by atoms with Crippen LogP contribution in [-0.2, 0) is 0 Å². The monoisotopic (exact) mass is 291 g/mol. The molecule has 0 saturated carbocycles. The second kappa shape index (κ2) is 7.04. The summed E-state index contributed by atoms with van der Waals surface area (Å²) in [5, 5.41) is 7.34. The van der Waals surface area contributed by atoms with E-state index in [1.165, 1.54) is 37.1 Å². The molecule has 1 aromatic rings. The lowest BCUT2D eigenvalue weighted by Gasteiger charge is -2.30. The molecular formula is C16H25N3S. The van der Waals surface area contributed by atoms with Crippen molar-refractivity contribution < 1.29 is 0 Å². The smallest absolute Gasteiger partial charge is 0.170 e. The molecule has 0 aromatic heterocycles. The first-order valence-corrected chi connectivity index (χ1v) is 7.76. The number of nitrogens with one attached hydrogen (secondary N) is 2. The Balaban J connectivity index is 1.78. The van der Waals surface area contributed by atoms with Crippen molar-refractivity contribution in [3.8, 4) is 0 Å². The van der Waals surface area contributed by atoms with Crippen LogP contribution in [0.1, 0.15) is 24.0 Å². The lowest BCUT2D eigenvalue weighted by Crippen LogP contribution is -2.40. The molecule has 2 N–H and O–H groups in total. The first-order valence-electron chi connectivity index (χ1n) is 7.35. The van der Waals surface area contributed by atoms with E-state index in [-0.39, 0.29) is 0 Å². The third-order valence-corrected chi connectivity index (χ3v) is 4.28. The van der Waals surface area contributed by atoms with E-state index in [0.717, 1.165) is 17.3 Å². The third-order valence-electron chi connectivity index (χ3n) is 4.04. The van der Waals surface area contributed by atoms with Gasteiger partial charge in [0, 0.05) is 18.8 Å². The van der Waals surface area contributed by atoms with Gasteiger partial charge < -0.3 is 15.5 Å². The number of anilines is 1. The molecule has 0 bridgehead atoms. The summed E-state index contributed by atoms with van der Waals surface area (Å²) in [6, 6.07) is 6.33. The third kappa shape index (κ3) is 4.46. The lowest BCUT2D eigenvalue weighted by molar-refractivity contribution is 0.211. The maximum Gasteiger partial charge on any atom is 0.170 e. The molecule has 2 rings (SSSR count). The Morgan fingerprint density at radius 3 is 2.85 bits per heavy atom. The van der Waals surface area contributed by atoms with Crippen molar-refractivity contribution in [2.24, 2.45) is 5.92 Å². The maximum absolute atomic E-state index is 5.37. The summed E-state index contributed by atoms with van der Waals surface area (Å²) in [5.74, 6) is 0.702. The van der Waals surface area contributed by atoms with E-state index in [0.29, 0.717) is 5.92 Å². The van der Waals surface area contributed by atoms with Crippen LogP contribution < -0.4 is 10.6 Å². The van der Waals surface area contributed by atoms with Gasteiger partial charge in [-0.3, -0.25) is 0 Å². The Hall–Kier alpha value is -1.13. The van der Waals surface area contributed by atoms with Gasteiger partial charge in [0.25, 0.3) is 0 Å². The summed E-state index contributed by atoms with van der Waals surface area (Å²) in [6.45, 7) is 7.59. The van der Waals surface area contributed by atoms with Crippen LogP contribution in [0.4, 0.5) is 5.69 Å². The van der Waals surface area contributed by atoms with Gasteiger partial charge in [-0.05, 0) is 81.7 Å². The molecule has 0 spiro atoms. The number of thiocarbonyl (C=S) groups is 1. The summed E-state index contributed by atoms with van der Waals surface area (Å²) in [6.07, 6.45) is 2.59. The predicted octanol–water partition coefficient (Wildman–Crippen LogP) is 2.93. The second-order valence-corrected chi connectivity index (χ2v) is 6.31. The van der Waals surface area contributed by atoms with Crippen molar-refractivity contribution >= 4 is 23.0 Å². The van der Waals surface area contributed by atoms with Gasteiger partial charge in [-0.1, -0.05) is 6.07 Å². The number of hydrogen-bond donors (Lipinski definition) is 2. The van der Waals surface area contributed by atoms with E-state index < -0.39 is 0 Å². The normalized spacial score (nSPS) is 19.6. The molecule has 3 nitrogen and oxygen atoms in total. The van der Waals surface area contributed by atoms with Crippen molar-refractivity contribution in [2.45, 2.75) is 26.7 Å². The van der Waals surface area contributed by atoms with Gasteiger partial charge in [0.2, 0.25) is 0 Å². The molecule has 1 aliphatic rings. The second-order valence-electron chi connectivity index (χ2n) is 5.90. The Morgan fingerprint density at radius 1 is 1.35 bits per heavy atom. The summed E-state index contributed by atoms with van der Waals surface area (Å²) < 4.78 is 0. The highest BCUT2D eigenvalue weighted by Crippen LogP contribution is 2.15. The first kappa shape index (κ1) is 15.3. The molecule has 1 fully saturated rings. The molecule has 1 aliphatic heterocycles.